The number of rotatable bonds is 3. The molecular formula is C17H27N3O2. The van der Waals surface area contributed by atoms with E-state index in [9.17, 15) is 4.79 Å². The van der Waals surface area contributed by atoms with Gasteiger partial charge in [0.25, 0.3) is 5.89 Å². The molecule has 2 aliphatic rings. The maximum Gasteiger partial charge on any atom is 0.309 e. The van der Waals surface area contributed by atoms with E-state index in [2.05, 4.69) is 30.7 Å². The number of likely N-dealkylation sites (tertiary alicyclic amines) is 1. The van der Waals surface area contributed by atoms with Crippen LogP contribution in [0.15, 0.2) is 4.42 Å². The van der Waals surface area contributed by atoms with E-state index >= 15 is 0 Å². The summed E-state index contributed by atoms with van der Waals surface area (Å²) in [7, 11) is 0. The molecule has 0 N–H and O–H groups in total. The number of amides is 1. The summed E-state index contributed by atoms with van der Waals surface area (Å²) >= 11 is 0. The van der Waals surface area contributed by atoms with Gasteiger partial charge in [-0.25, -0.2) is 4.98 Å². The second kappa shape index (κ2) is 6.41. The van der Waals surface area contributed by atoms with E-state index in [1.54, 1.807) is 0 Å². The Balaban J connectivity index is 1.72. The van der Waals surface area contributed by atoms with E-state index in [-0.39, 0.29) is 5.91 Å². The zero-order valence-electron chi connectivity index (χ0n) is 14.0. The van der Waals surface area contributed by atoms with Gasteiger partial charge in [-0.15, -0.1) is 0 Å². The van der Waals surface area contributed by atoms with Crippen molar-refractivity contribution in [3.63, 3.8) is 0 Å². The highest BCUT2D eigenvalue weighted by molar-refractivity contribution is 5.89. The van der Waals surface area contributed by atoms with Gasteiger partial charge >= 0.3 is 5.91 Å². The van der Waals surface area contributed by atoms with Crippen LogP contribution in [0.1, 0.15) is 55.8 Å². The highest BCUT2D eigenvalue weighted by Crippen LogP contribution is 2.24. The Morgan fingerprint density at radius 1 is 1.32 bits per heavy atom. The lowest BCUT2D eigenvalue weighted by Gasteiger charge is -2.34. The number of piperidine rings is 1. The van der Waals surface area contributed by atoms with E-state index < -0.39 is 0 Å². The summed E-state index contributed by atoms with van der Waals surface area (Å²) in [5, 5.41) is 0. The van der Waals surface area contributed by atoms with E-state index in [0.29, 0.717) is 17.7 Å². The van der Waals surface area contributed by atoms with Crippen LogP contribution in [0.3, 0.4) is 0 Å². The molecule has 122 valence electrons. The molecule has 5 heteroatoms. The first kappa shape index (κ1) is 15.5. The Kier molecular flexibility index (Phi) is 4.52. The second-order valence-corrected chi connectivity index (χ2v) is 7.07. The summed E-state index contributed by atoms with van der Waals surface area (Å²) in [6.07, 6.45) is 3.20. The molecule has 1 fully saturated rings. The Bertz CT molecular complexity index is 530. The van der Waals surface area contributed by atoms with Crippen LogP contribution >= 0.6 is 0 Å². The van der Waals surface area contributed by atoms with E-state index in [1.807, 2.05) is 4.90 Å². The molecule has 1 aromatic rings. The predicted molar refractivity (Wildman–Crippen MR) is 84.6 cm³/mol. The predicted octanol–water partition coefficient (Wildman–Crippen LogP) is 2.56. The lowest BCUT2D eigenvalue weighted by atomic mass is 9.92. The zero-order chi connectivity index (χ0) is 15.7. The van der Waals surface area contributed by atoms with Crippen molar-refractivity contribution in [2.45, 2.75) is 46.6 Å². The number of aromatic nitrogens is 1. The van der Waals surface area contributed by atoms with Gasteiger partial charge in [0.05, 0.1) is 5.69 Å². The van der Waals surface area contributed by atoms with Crippen molar-refractivity contribution in [3.05, 3.63) is 17.3 Å². The Morgan fingerprint density at radius 2 is 2.05 bits per heavy atom. The van der Waals surface area contributed by atoms with Gasteiger partial charge in [0.15, 0.2) is 0 Å². The van der Waals surface area contributed by atoms with Crippen LogP contribution in [-0.4, -0.2) is 46.9 Å². The SMILES string of the molecule is CCCN1CCc2oc(C(=O)N3CC(C)CC(C)C3)nc2C1. The smallest absolute Gasteiger partial charge is 0.309 e. The third kappa shape index (κ3) is 3.19. The number of hydrogen-bond acceptors (Lipinski definition) is 4. The molecule has 3 heterocycles. The molecule has 2 aliphatic heterocycles. The normalized spacial score (nSPS) is 26.0. The zero-order valence-corrected chi connectivity index (χ0v) is 14.0. The first-order valence-corrected chi connectivity index (χ1v) is 8.57. The molecular weight excluding hydrogens is 278 g/mol. The van der Waals surface area contributed by atoms with Gasteiger partial charge in [0, 0.05) is 32.6 Å². The minimum absolute atomic E-state index is 0.0326. The molecule has 3 rings (SSSR count). The maximum atomic E-state index is 12.7. The molecule has 1 amide bonds. The van der Waals surface area contributed by atoms with Crippen molar-refractivity contribution in [2.24, 2.45) is 11.8 Å². The fourth-order valence-corrected chi connectivity index (χ4v) is 3.82. The quantitative estimate of drug-likeness (QED) is 0.861. The van der Waals surface area contributed by atoms with Gasteiger partial charge in [-0.3, -0.25) is 9.69 Å². The summed E-state index contributed by atoms with van der Waals surface area (Å²) in [5.74, 6) is 2.28. The topological polar surface area (TPSA) is 49.6 Å². The van der Waals surface area contributed by atoms with Gasteiger partial charge in [-0.2, -0.15) is 0 Å². The minimum atomic E-state index is -0.0326. The lowest BCUT2D eigenvalue weighted by Crippen LogP contribution is -2.42. The van der Waals surface area contributed by atoms with Crippen LogP contribution in [0, 0.1) is 11.8 Å². The van der Waals surface area contributed by atoms with E-state index in [4.69, 9.17) is 4.42 Å². The monoisotopic (exact) mass is 305 g/mol. The van der Waals surface area contributed by atoms with Crippen LogP contribution in [0.25, 0.3) is 0 Å². The summed E-state index contributed by atoms with van der Waals surface area (Å²) in [6.45, 7) is 11.1. The van der Waals surface area contributed by atoms with Crippen LogP contribution in [0.2, 0.25) is 0 Å². The lowest BCUT2D eigenvalue weighted by molar-refractivity contribution is 0.0581. The fraction of sp³-hybridized carbons (Fsp3) is 0.765. The molecule has 0 aliphatic carbocycles. The molecule has 0 spiro atoms. The van der Waals surface area contributed by atoms with Crippen LogP contribution < -0.4 is 0 Å². The highest BCUT2D eigenvalue weighted by atomic mass is 16.4. The first-order valence-electron chi connectivity index (χ1n) is 8.57. The van der Waals surface area contributed by atoms with Crippen molar-refractivity contribution in [1.82, 2.24) is 14.8 Å². The average Bonchev–Trinajstić information content (AvgIpc) is 2.89. The molecule has 2 unspecified atom stereocenters. The molecule has 0 bridgehead atoms. The Labute approximate surface area is 132 Å². The van der Waals surface area contributed by atoms with Gasteiger partial charge < -0.3 is 9.32 Å². The Hall–Kier alpha value is -1.36. The van der Waals surface area contributed by atoms with Gasteiger partial charge in [-0.1, -0.05) is 20.8 Å². The van der Waals surface area contributed by atoms with Crippen molar-refractivity contribution in [1.29, 1.82) is 0 Å². The summed E-state index contributed by atoms with van der Waals surface area (Å²) in [4.78, 5) is 21.5. The molecule has 0 aromatic carbocycles. The van der Waals surface area contributed by atoms with Crippen molar-refractivity contribution in [2.75, 3.05) is 26.2 Å². The van der Waals surface area contributed by atoms with Gasteiger partial charge in [0.2, 0.25) is 0 Å². The molecule has 22 heavy (non-hydrogen) atoms. The number of nitrogens with zero attached hydrogens (tertiary/aromatic N) is 3. The molecule has 2 atom stereocenters. The number of fused-ring (bicyclic) bond motifs is 1. The largest absolute Gasteiger partial charge is 0.437 e. The molecule has 1 saturated heterocycles. The summed E-state index contributed by atoms with van der Waals surface area (Å²) < 4.78 is 5.79. The molecule has 1 aromatic heterocycles. The second-order valence-electron chi connectivity index (χ2n) is 7.07. The van der Waals surface area contributed by atoms with Crippen molar-refractivity contribution < 1.29 is 9.21 Å². The van der Waals surface area contributed by atoms with Gasteiger partial charge in [0.1, 0.15) is 5.76 Å². The summed E-state index contributed by atoms with van der Waals surface area (Å²) in [5.41, 5.74) is 0.959. The maximum absolute atomic E-state index is 12.7. The van der Waals surface area contributed by atoms with Crippen molar-refractivity contribution in [3.8, 4) is 0 Å². The van der Waals surface area contributed by atoms with Gasteiger partial charge in [-0.05, 0) is 31.2 Å². The third-order valence-corrected chi connectivity index (χ3v) is 4.69. The first-order chi connectivity index (χ1) is 10.6. The van der Waals surface area contributed by atoms with Crippen LogP contribution in [0.5, 0.6) is 0 Å². The van der Waals surface area contributed by atoms with E-state index in [1.165, 1.54) is 6.42 Å². The molecule has 0 radical (unpaired) electrons. The molecule has 5 nitrogen and oxygen atoms in total. The van der Waals surface area contributed by atoms with E-state index in [0.717, 1.165) is 57.0 Å². The average molecular weight is 305 g/mol. The van der Waals surface area contributed by atoms with Crippen LogP contribution in [-0.2, 0) is 13.0 Å². The number of oxazole rings is 1. The fourth-order valence-electron chi connectivity index (χ4n) is 3.82. The number of carbonyl (C=O) groups excluding carboxylic acids is 1. The summed E-state index contributed by atoms with van der Waals surface area (Å²) in [6, 6.07) is 0. The van der Waals surface area contributed by atoms with Crippen LogP contribution in [0.4, 0.5) is 0 Å². The highest BCUT2D eigenvalue weighted by Gasteiger charge is 2.31. The van der Waals surface area contributed by atoms with Crippen molar-refractivity contribution >= 4 is 5.91 Å². The number of carbonyl (C=O) groups is 1. The molecule has 0 saturated carbocycles. The number of hydrogen-bond donors (Lipinski definition) is 0. The Morgan fingerprint density at radius 3 is 2.73 bits per heavy atom. The standard InChI is InChI=1S/C17H27N3O2/c1-4-6-19-7-5-15-14(11-19)18-16(22-15)17(21)20-9-12(2)8-13(3)10-20/h12-13H,4-11H2,1-3H3. The third-order valence-electron chi connectivity index (χ3n) is 4.69. The minimum Gasteiger partial charge on any atom is -0.437 e.